The third kappa shape index (κ3) is 6.28. The van der Waals surface area contributed by atoms with Gasteiger partial charge in [-0.25, -0.2) is 17.2 Å². The second-order valence-corrected chi connectivity index (χ2v) is 9.30. The van der Waals surface area contributed by atoms with Gasteiger partial charge in [-0.2, -0.15) is 4.31 Å². The Labute approximate surface area is 195 Å². The molecule has 0 spiro atoms. The van der Waals surface area contributed by atoms with Gasteiger partial charge in [0.1, 0.15) is 17.4 Å². The molecule has 0 radical (unpaired) electrons. The molecule has 3 aromatic rings. The lowest BCUT2D eigenvalue weighted by atomic mass is 10.2. The molecule has 3 aromatic carbocycles. The zero-order valence-corrected chi connectivity index (χ0v) is 19.2. The second kappa shape index (κ2) is 10.7. The number of anilines is 1. The third-order valence-electron chi connectivity index (χ3n) is 4.57. The van der Waals surface area contributed by atoms with Crippen LogP contribution in [0.1, 0.15) is 12.5 Å². The number of amides is 1. The minimum atomic E-state index is -4.19. The third-order valence-corrected chi connectivity index (χ3v) is 6.65. The van der Waals surface area contributed by atoms with Crippen LogP contribution in [-0.4, -0.2) is 31.8 Å². The zero-order chi connectivity index (χ0) is 24.0. The maximum absolute atomic E-state index is 13.9. The highest BCUT2D eigenvalue weighted by molar-refractivity contribution is 7.89. The van der Waals surface area contributed by atoms with Gasteiger partial charge in [0.2, 0.25) is 15.9 Å². The van der Waals surface area contributed by atoms with Crippen LogP contribution in [0.3, 0.4) is 0 Å². The van der Waals surface area contributed by atoms with E-state index in [1.807, 2.05) is 0 Å². The molecular formula is C23H21ClF2N2O4S. The van der Waals surface area contributed by atoms with Crippen molar-refractivity contribution in [3.8, 4) is 5.75 Å². The second-order valence-electron chi connectivity index (χ2n) is 6.96. The van der Waals surface area contributed by atoms with Crippen LogP contribution in [0.5, 0.6) is 5.75 Å². The van der Waals surface area contributed by atoms with Crippen molar-refractivity contribution in [2.75, 3.05) is 18.5 Å². The molecule has 6 nitrogen and oxygen atoms in total. The zero-order valence-electron chi connectivity index (χ0n) is 17.6. The number of sulfonamides is 1. The minimum Gasteiger partial charge on any atom is -0.492 e. The van der Waals surface area contributed by atoms with Crippen LogP contribution in [-0.2, 0) is 21.4 Å². The molecule has 1 amide bonds. The highest BCUT2D eigenvalue weighted by Gasteiger charge is 2.28. The normalized spacial score (nSPS) is 11.4. The summed E-state index contributed by atoms with van der Waals surface area (Å²) in [5, 5.41) is 2.32. The summed E-state index contributed by atoms with van der Waals surface area (Å²) in [7, 11) is -4.19. The Morgan fingerprint density at radius 2 is 1.79 bits per heavy atom. The lowest BCUT2D eigenvalue weighted by Gasteiger charge is -2.22. The molecule has 0 unspecified atom stereocenters. The maximum Gasteiger partial charge on any atom is 0.243 e. The molecule has 3 rings (SSSR count). The van der Waals surface area contributed by atoms with Crippen LogP contribution in [0.4, 0.5) is 14.5 Å². The Hall–Kier alpha value is -3.01. The fraction of sp³-hybridized carbons (Fsp3) is 0.174. The van der Waals surface area contributed by atoms with E-state index in [0.717, 1.165) is 22.5 Å². The van der Waals surface area contributed by atoms with Gasteiger partial charge < -0.3 is 10.1 Å². The first-order chi connectivity index (χ1) is 15.7. The summed E-state index contributed by atoms with van der Waals surface area (Å²) in [5.41, 5.74) is 0.240. The average Bonchev–Trinajstić information content (AvgIpc) is 2.78. The van der Waals surface area contributed by atoms with Gasteiger partial charge >= 0.3 is 0 Å². The molecule has 0 bridgehead atoms. The molecule has 33 heavy (non-hydrogen) atoms. The van der Waals surface area contributed by atoms with E-state index in [1.165, 1.54) is 18.2 Å². The Kier molecular flexibility index (Phi) is 8.01. The topological polar surface area (TPSA) is 75.7 Å². The summed E-state index contributed by atoms with van der Waals surface area (Å²) >= 11 is 6.16. The molecule has 0 aromatic heterocycles. The van der Waals surface area contributed by atoms with E-state index in [9.17, 15) is 22.0 Å². The molecule has 0 heterocycles. The highest BCUT2D eigenvalue weighted by Crippen LogP contribution is 2.29. The van der Waals surface area contributed by atoms with E-state index >= 15 is 0 Å². The van der Waals surface area contributed by atoms with Gasteiger partial charge in [0.25, 0.3) is 0 Å². The van der Waals surface area contributed by atoms with Gasteiger partial charge in [-0.15, -0.1) is 0 Å². The Morgan fingerprint density at radius 3 is 2.45 bits per heavy atom. The maximum atomic E-state index is 13.9. The Bertz CT molecular complexity index is 1240. The number of ether oxygens (including phenoxy) is 1. The number of hydrogen-bond donors (Lipinski definition) is 1. The number of rotatable bonds is 9. The van der Waals surface area contributed by atoms with E-state index < -0.39 is 34.1 Å². The molecule has 174 valence electrons. The Morgan fingerprint density at radius 1 is 1.06 bits per heavy atom. The monoisotopic (exact) mass is 494 g/mol. The Balaban J connectivity index is 1.91. The molecule has 1 N–H and O–H groups in total. The predicted molar refractivity (Wildman–Crippen MR) is 122 cm³/mol. The lowest BCUT2D eigenvalue weighted by Crippen LogP contribution is -2.37. The molecule has 0 saturated heterocycles. The summed E-state index contributed by atoms with van der Waals surface area (Å²) in [6, 6.07) is 15.2. The van der Waals surface area contributed by atoms with E-state index in [1.54, 1.807) is 37.3 Å². The summed E-state index contributed by atoms with van der Waals surface area (Å²) < 4.78 is 60.4. The highest BCUT2D eigenvalue weighted by atomic mass is 35.5. The summed E-state index contributed by atoms with van der Waals surface area (Å²) in [6.07, 6.45) is 0. The van der Waals surface area contributed by atoms with Crippen molar-refractivity contribution in [1.29, 1.82) is 0 Å². The summed E-state index contributed by atoms with van der Waals surface area (Å²) in [6.45, 7) is 1.34. The van der Waals surface area contributed by atoms with E-state index in [2.05, 4.69) is 5.32 Å². The fourth-order valence-corrected chi connectivity index (χ4v) is 4.73. The molecular weight excluding hydrogens is 474 g/mol. The molecule has 10 heteroatoms. The molecule has 0 aliphatic carbocycles. The summed E-state index contributed by atoms with van der Waals surface area (Å²) in [5.74, 6) is -2.10. The largest absolute Gasteiger partial charge is 0.492 e. The van der Waals surface area contributed by atoms with Gasteiger partial charge in [0, 0.05) is 12.6 Å². The lowest BCUT2D eigenvalue weighted by molar-refractivity contribution is -0.116. The van der Waals surface area contributed by atoms with Crippen LogP contribution in [0.2, 0.25) is 5.02 Å². The van der Waals surface area contributed by atoms with Gasteiger partial charge in [-0.1, -0.05) is 41.9 Å². The summed E-state index contributed by atoms with van der Waals surface area (Å²) in [4.78, 5) is 12.5. The smallest absolute Gasteiger partial charge is 0.243 e. The number of nitrogens with one attached hydrogen (secondary N) is 1. The van der Waals surface area contributed by atoms with Gasteiger partial charge in [-0.3, -0.25) is 4.79 Å². The van der Waals surface area contributed by atoms with Crippen molar-refractivity contribution < 1.29 is 26.7 Å². The van der Waals surface area contributed by atoms with E-state index in [0.29, 0.717) is 17.9 Å². The van der Waals surface area contributed by atoms with Crippen LogP contribution >= 0.6 is 11.6 Å². The standard InChI is InChI=1S/C23H21ClF2N2O4S/c1-2-32-22-11-9-18(13-19(22)24)33(30,31)28(14-16-6-4-3-5-7-16)15-23(29)27-21-12-17(25)8-10-20(21)26/h3-13H,2,14-15H2,1H3,(H,27,29). The van der Waals surface area contributed by atoms with Crippen LogP contribution in [0.15, 0.2) is 71.6 Å². The number of halogens is 3. The quantitative estimate of drug-likeness (QED) is 0.461. The van der Waals surface area contributed by atoms with Gasteiger partial charge in [0.15, 0.2) is 0 Å². The average molecular weight is 495 g/mol. The number of carbonyl (C=O) groups is 1. The van der Waals surface area contributed by atoms with Crippen LogP contribution in [0.25, 0.3) is 0 Å². The SMILES string of the molecule is CCOc1ccc(S(=O)(=O)N(CC(=O)Nc2cc(F)ccc2F)Cc2ccccc2)cc1Cl. The number of benzene rings is 3. The van der Waals surface area contributed by atoms with Crippen molar-refractivity contribution in [1.82, 2.24) is 4.31 Å². The van der Waals surface area contributed by atoms with Gasteiger partial charge in [0.05, 0.1) is 28.8 Å². The molecule has 0 atom stereocenters. The van der Waals surface area contributed by atoms with E-state index in [4.69, 9.17) is 16.3 Å². The predicted octanol–water partition coefficient (Wildman–Crippen LogP) is 4.85. The van der Waals surface area contributed by atoms with Crippen molar-refractivity contribution in [2.24, 2.45) is 0 Å². The van der Waals surface area contributed by atoms with Crippen molar-refractivity contribution in [3.63, 3.8) is 0 Å². The van der Waals surface area contributed by atoms with Gasteiger partial charge in [-0.05, 0) is 42.8 Å². The minimum absolute atomic E-state index is 0.101. The van der Waals surface area contributed by atoms with Crippen molar-refractivity contribution >= 4 is 33.2 Å². The van der Waals surface area contributed by atoms with Crippen LogP contribution < -0.4 is 10.1 Å². The number of hydrogen-bond acceptors (Lipinski definition) is 4. The molecule has 0 aliphatic rings. The first-order valence-electron chi connectivity index (χ1n) is 9.92. The van der Waals surface area contributed by atoms with Crippen molar-refractivity contribution in [2.45, 2.75) is 18.4 Å². The molecule has 0 saturated carbocycles. The van der Waals surface area contributed by atoms with E-state index in [-0.39, 0.29) is 22.2 Å². The number of carbonyl (C=O) groups excluding carboxylic acids is 1. The molecule has 0 aliphatic heterocycles. The first kappa shape index (κ1) is 24.6. The fourth-order valence-electron chi connectivity index (χ4n) is 3.02. The van der Waals surface area contributed by atoms with Crippen LogP contribution in [0, 0.1) is 11.6 Å². The number of nitrogens with zero attached hydrogens (tertiary/aromatic N) is 1. The first-order valence-corrected chi connectivity index (χ1v) is 11.7. The molecule has 0 fully saturated rings. The van der Waals surface area contributed by atoms with Crippen molar-refractivity contribution in [3.05, 3.63) is 89.0 Å².